The Hall–Kier alpha value is -2.43. The molecule has 2 unspecified atom stereocenters. The van der Waals surface area contributed by atoms with Crippen molar-refractivity contribution in [2.24, 2.45) is 11.8 Å². The molecule has 0 saturated carbocycles. The van der Waals surface area contributed by atoms with E-state index in [4.69, 9.17) is 10.1 Å². The van der Waals surface area contributed by atoms with Gasteiger partial charge in [-0.25, -0.2) is 9.37 Å². The Labute approximate surface area is 165 Å². The third-order valence-corrected chi connectivity index (χ3v) is 6.16. The zero-order chi connectivity index (χ0) is 19.3. The lowest BCUT2D eigenvalue weighted by molar-refractivity contribution is 0.353. The van der Waals surface area contributed by atoms with Gasteiger partial charge in [-0.3, -0.25) is 0 Å². The molecule has 0 N–H and O–H groups in total. The number of rotatable bonds is 2. The summed E-state index contributed by atoms with van der Waals surface area (Å²) in [5, 5.41) is 4.94. The average Bonchev–Trinajstić information content (AvgIpc) is 3.09. The van der Waals surface area contributed by atoms with Crippen LogP contribution in [0.1, 0.15) is 44.4 Å². The molecule has 1 aliphatic carbocycles. The van der Waals surface area contributed by atoms with Gasteiger partial charge in [0.1, 0.15) is 11.6 Å². The van der Waals surface area contributed by atoms with Crippen LogP contribution < -0.4 is 4.90 Å². The molecular weight excluding hydrogens is 351 g/mol. The van der Waals surface area contributed by atoms with E-state index in [2.05, 4.69) is 18.7 Å². The van der Waals surface area contributed by atoms with Gasteiger partial charge in [0.25, 0.3) is 0 Å². The van der Waals surface area contributed by atoms with Crippen molar-refractivity contribution in [3.05, 3.63) is 47.4 Å². The number of piperidine rings is 1. The lowest BCUT2D eigenvalue weighted by atomic mass is 9.90. The Morgan fingerprint density at radius 3 is 2.46 bits per heavy atom. The van der Waals surface area contributed by atoms with Crippen LogP contribution in [0.2, 0.25) is 0 Å². The number of hydrogen-bond acceptors (Lipinski definition) is 3. The van der Waals surface area contributed by atoms with Crippen molar-refractivity contribution in [2.75, 3.05) is 18.0 Å². The number of halogens is 1. The highest BCUT2D eigenvalue weighted by Gasteiger charge is 2.29. The topological polar surface area (TPSA) is 33.4 Å². The summed E-state index contributed by atoms with van der Waals surface area (Å²) in [5.74, 6) is 2.38. The van der Waals surface area contributed by atoms with Gasteiger partial charge in [0.15, 0.2) is 5.65 Å². The Morgan fingerprint density at radius 1 is 1.00 bits per heavy atom. The first-order valence-corrected chi connectivity index (χ1v) is 10.5. The quantitative estimate of drug-likeness (QED) is 0.636. The van der Waals surface area contributed by atoms with Crippen molar-refractivity contribution < 1.29 is 4.39 Å². The van der Waals surface area contributed by atoms with Crippen molar-refractivity contribution in [3.8, 4) is 11.3 Å². The van der Waals surface area contributed by atoms with Crippen molar-refractivity contribution in [2.45, 2.75) is 46.0 Å². The highest BCUT2D eigenvalue weighted by molar-refractivity contribution is 5.67. The van der Waals surface area contributed by atoms with Gasteiger partial charge in [-0.15, -0.1) is 0 Å². The van der Waals surface area contributed by atoms with E-state index in [1.54, 1.807) is 12.1 Å². The second-order valence-electron chi connectivity index (χ2n) is 8.73. The summed E-state index contributed by atoms with van der Waals surface area (Å²) in [5.41, 5.74) is 5.31. The summed E-state index contributed by atoms with van der Waals surface area (Å²) in [6.07, 6.45) is 5.85. The van der Waals surface area contributed by atoms with Crippen molar-refractivity contribution in [1.82, 2.24) is 14.6 Å². The van der Waals surface area contributed by atoms with Gasteiger partial charge in [-0.05, 0) is 68.2 Å². The standard InChI is InChI=1S/C23H27FN4/c1-15-11-16(2)14-27(13-15)23-19-5-3-4-6-20(19)25-22-12-21(26-28(22)23)17-7-9-18(24)10-8-17/h7-10,12,15-16H,3-6,11,13-14H2,1-2H3. The molecule has 3 aromatic rings. The molecule has 5 heteroatoms. The first kappa shape index (κ1) is 17.7. The van der Waals surface area contributed by atoms with Crippen molar-refractivity contribution in [1.29, 1.82) is 0 Å². The summed E-state index contributed by atoms with van der Waals surface area (Å²) >= 11 is 0. The summed E-state index contributed by atoms with van der Waals surface area (Å²) in [4.78, 5) is 7.51. The number of hydrogen-bond donors (Lipinski definition) is 0. The Morgan fingerprint density at radius 2 is 1.71 bits per heavy atom. The molecule has 2 aliphatic rings. The monoisotopic (exact) mass is 378 g/mol. The molecule has 0 amide bonds. The van der Waals surface area contributed by atoms with Crippen LogP contribution in [0.3, 0.4) is 0 Å². The molecule has 1 saturated heterocycles. The molecule has 2 atom stereocenters. The predicted octanol–water partition coefficient (Wildman–Crippen LogP) is 4.90. The highest BCUT2D eigenvalue weighted by Crippen LogP contribution is 2.35. The minimum Gasteiger partial charge on any atom is -0.356 e. The van der Waals surface area contributed by atoms with Gasteiger partial charge in [0.2, 0.25) is 0 Å². The van der Waals surface area contributed by atoms with Gasteiger partial charge in [0, 0.05) is 36.0 Å². The lowest BCUT2D eigenvalue weighted by Crippen LogP contribution is -2.40. The number of nitrogens with zero attached hydrogens (tertiary/aromatic N) is 4. The van der Waals surface area contributed by atoms with E-state index in [9.17, 15) is 4.39 Å². The number of aromatic nitrogens is 3. The van der Waals surface area contributed by atoms with E-state index < -0.39 is 0 Å². The number of fused-ring (bicyclic) bond motifs is 2. The highest BCUT2D eigenvalue weighted by atomic mass is 19.1. The molecule has 5 rings (SSSR count). The van der Waals surface area contributed by atoms with Crippen LogP contribution in [0.15, 0.2) is 30.3 Å². The molecule has 2 aromatic heterocycles. The molecule has 1 fully saturated rings. The molecule has 0 bridgehead atoms. The second-order valence-corrected chi connectivity index (χ2v) is 8.73. The molecule has 28 heavy (non-hydrogen) atoms. The van der Waals surface area contributed by atoms with Gasteiger partial charge in [-0.1, -0.05) is 13.8 Å². The minimum absolute atomic E-state index is 0.224. The zero-order valence-corrected chi connectivity index (χ0v) is 16.7. The fourth-order valence-corrected chi connectivity index (χ4v) is 5.05. The van der Waals surface area contributed by atoms with E-state index in [0.29, 0.717) is 11.8 Å². The fourth-order valence-electron chi connectivity index (χ4n) is 5.05. The largest absolute Gasteiger partial charge is 0.356 e. The summed E-state index contributed by atoms with van der Waals surface area (Å²) < 4.78 is 15.4. The molecule has 0 spiro atoms. The van der Waals surface area contributed by atoms with Crippen LogP contribution in [0.5, 0.6) is 0 Å². The molecule has 1 aliphatic heterocycles. The van der Waals surface area contributed by atoms with Crippen molar-refractivity contribution in [3.63, 3.8) is 0 Å². The minimum atomic E-state index is -0.224. The third kappa shape index (κ3) is 3.07. The lowest BCUT2D eigenvalue weighted by Gasteiger charge is -2.38. The smallest absolute Gasteiger partial charge is 0.158 e. The van der Waals surface area contributed by atoms with Gasteiger partial charge >= 0.3 is 0 Å². The van der Waals surface area contributed by atoms with Crippen LogP contribution in [0.4, 0.5) is 10.2 Å². The van der Waals surface area contributed by atoms with Crippen LogP contribution in [-0.4, -0.2) is 27.7 Å². The summed E-state index contributed by atoms with van der Waals surface area (Å²) in [6, 6.07) is 8.62. The number of benzene rings is 1. The molecular formula is C23H27FN4. The molecule has 4 nitrogen and oxygen atoms in total. The summed E-state index contributed by atoms with van der Waals surface area (Å²) in [6.45, 7) is 6.84. The molecule has 0 radical (unpaired) electrons. The van der Waals surface area contributed by atoms with Crippen LogP contribution >= 0.6 is 0 Å². The van der Waals surface area contributed by atoms with Gasteiger partial charge in [0.05, 0.1) is 5.69 Å². The maximum absolute atomic E-state index is 13.3. The third-order valence-electron chi connectivity index (χ3n) is 6.16. The van der Waals surface area contributed by atoms with Gasteiger partial charge in [-0.2, -0.15) is 9.61 Å². The fraction of sp³-hybridized carbons (Fsp3) is 0.478. The number of anilines is 1. The van der Waals surface area contributed by atoms with E-state index in [1.807, 2.05) is 10.6 Å². The van der Waals surface area contributed by atoms with Crippen LogP contribution in [0.25, 0.3) is 16.9 Å². The second kappa shape index (κ2) is 6.87. The van der Waals surface area contributed by atoms with Crippen LogP contribution in [0, 0.1) is 17.7 Å². The molecule has 3 heterocycles. The normalized spacial score (nSPS) is 22.5. The first-order chi connectivity index (χ1) is 13.6. The van der Waals surface area contributed by atoms with E-state index >= 15 is 0 Å². The molecule has 146 valence electrons. The van der Waals surface area contributed by atoms with E-state index in [-0.39, 0.29) is 5.82 Å². The van der Waals surface area contributed by atoms with Gasteiger partial charge < -0.3 is 4.90 Å². The Balaban J connectivity index is 1.68. The predicted molar refractivity (Wildman–Crippen MR) is 110 cm³/mol. The summed E-state index contributed by atoms with van der Waals surface area (Å²) in [7, 11) is 0. The molecule has 1 aromatic carbocycles. The van der Waals surface area contributed by atoms with Crippen LogP contribution in [-0.2, 0) is 12.8 Å². The van der Waals surface area contributed by atoms with E-state index in [0.717, 1.165) is 42.8 Å². The Bertz CT molecular complexity index is 998. The maximum Gasteiger partial charge on any atom is 0.158 e. The Kier molecular flexibility index (Phi) is 4.33. The zero-order valence-electron chi connectivity index (χ0n) is 16.7. The number of aryl methyl sites for hydroxylation is 1. The SMILES string of the molecule is CC1CC(C)CN(c2c3c(nc4cc(-c5ccc(F)cc5)nn24)CCCC3)C1. The van der Waals surface area contributed by atoms with E-state index in [1.165, 1.54) is 48.5 Å². The van der Waals surface area contributed by atoms with Crippen molar-refractivity contribution >= 4 is 11.5 Å². The first-order valence-electron chi connectivity index (χ1n) is 10.5. The maximum atomic E-state index is 13.3. The average molecular weight is 378 g/mol.